The molecule has 0 fully saturated rings. The normalized spacial score (nSPS) is 12.9. The van der Waals surface area contributed by atoms with E-state index in [2.05, 4.69) is 0 Å². The molecule has 0 N–H and O–H groups in total. The highest BCUT2D eigenvalue weighted by Gasteiger charge is 2.20. The summed E-state index contributed by atoms with van der Waals surface area (Å²) in [5, 5.41) is 8.65. The standard InChI is InChI=1S/C14H15NO4/c1-9(18-11(3)16)10(2)19-14(17)13-6-4-12(8-15)5-7-13/h4-7,9-10H,1-3H3. The number of carbonyl (C=O) groups is 2. The quantitative estimate of drug-likeness (QED) is 0.775. The van der Waals surface area contributed by atoms with Gasteiger partial charge in [-0.2, -0.15) is 5.26 Å². The van der Waals surface area contributed by atoms with E-state index in [9.17, 15) is 9.59 Å². The lowest BCUT2D eigenvalue weighted by Crippen LogP contribution is -2.30. The van der Waals surface area contributed by atoms with Crippen molar-refractivity contribution in [2.75, 3.05) is 0 Å². The molecule has 0 aliphatic rings. The lowest BCUT2D eigenvalue weighted by Gasteiger charge is -2.20. The van der Waals surface area contributed by atoms with E-state index < -0.39 is 24.1 Å². The molecular formula is C14H15NO4. The van der Waals surface area contributed by atoms with Crippen LogP contribution in [0.2, 0.25) is 0 Å². The van der Waals surface area contributed by atoms with Crippen molar-refractivity contribution in [2.24, 2.45) is 0 Å². The lowest BCUT2D eigenvalue weighted by atomic mass is 10.1. The van der Waals surface area contributed by atoms with Crippen LogP contribution in [0.3, 0.4) is 0 Å². The summed E-state index contributed by atoms with van der Waals surface area (Å²) in [4.78, 5) is 22.6. The number of ether oxygens (including phenoxy) is 2. The van der Waals surface area contributed by atoms with Gasteiger partial charge in [0.15, 0.2) is 0 Å². The van der Waals surface area contributed by atoms with E-state index in [0.717, 1.165) is 0 Å². The van der Waals surface area contributed by atoms with Gasteiger partial charge >= 0.3 is 11.9 Å². The van der Waals surface area contributed by atoms with Gasteiger partial charge in [-0.1, -0.05) is 0 Å². The second kappa shape index (κ2) is 6.55. The average molecular weight is 261 g/mol. The van der Waals surface area contributed by atoms with Crippen LogP contribution >= 0.6 is 0 Å². The van der Waals surface area contributed by atoms with Gasteiger partial charge in [-0.15, -0.1) is 0 Å². The molecule has 0 aromatic heterocycles. The molecule has 0 heterocycles. The van der Waals surface area contributed by atoms with Gasteiger partial charge in [-0.25, -0.2) is 4.79 Å². The van der Waals surface area contributed by atoms with Gasteiger partial charge < -0.3 is 9.47 Å². The predicted octanol–water partition coefficient (Wildman–Crippen LogP) is 2.06. The summed E-state index contributed by atoms with van der Waals surface area (Å²) < 4.78 is 10.1. The lowest BCUT2D eigenvalue weighted by molar-refractivity contribution is -0.150. The predicted molar refractivity (Wildman–Crippen MR) is 67.3 cm³/mol. The second-order valence-corrected chi connectivity index (χ2v) is 4.11. The van der Waals surface area contributed by atoms with Crippen molar-refractivity contribution in [3.63, 3.8) is 0 Å². The highest BCUT2D eigenvalue weighted by atomic mass is 16.6. The summed E-state index contributed by atoms with van der Waals surface area (Å²) in [6.07, 6.45) is -1.06. The molecule has 5 nitrogen and oxygen atoms in total. The number of nitrogens with zero attached hydrogens (tertiary/aromatic N) is 1. The Bertz CT molecular complexity index is 501. The molecule has 0 bridgehead atoms. The van der Waals surface area contributed by atoms with Gasteiger partial charge in [0.25, 0.3) is 0 Å². The highest BCUT2D eigenvalue weighted by molar-refractivity contribution is 5.89. The van der Waals surface area contributed by atoms with Crippen molar-refractivity contribution in [1.29, 1.82) is 5.26 Å². The molecule has 0 radical (unpaired) electrons. The van der Waals surface area contributed by atoms with Crippen molar-refractivity contribution >= 4 is 11.9 Å². The SMILES string of the molecule is CC(=O)OC(C)C(C)OC(=O)c1ccc(C#N)cc1. The first-order valence-corrected chi connectivity index (χ1v) is 5.82. The van der Waals surface area contributed by atoms with Crippen LogP contribution in [0.25, 0.3) is 0 Å². The van der Waals surface area contributed by atoms with E-state index in [4.69, 9.17) is 14.7 Å². The molecule has 19 heavy (non-hydrogen) atoms. The molecule has 1 rings (SSSR count). The van der Waals surface area contributed by atoms with Gasteiger partial charge in [0, 0.05) is 6.92 Å². The molecule has 0 spiro atoms. The Balaban J connectivity index is 2.63. The van der Waals surface area contributed by atoms with E-state index in [1.165, 1.54) is 31.2 Å². The maximum Gasteiger partial charge on any atom is 0.338 e. The van der Waals surface area contributed by atoms with E-state index >= 15 is 0 Å². The Morgan fingerprint density at radius 2 is 1.63 bits per heavy atom. The number of esters is 2. The van der Waals surface area contributed by atoms with Crippen LogP contribution in [-0.2, 0) is 14.3 Å². The monoisotopic (exact) mass is 261 g/mol. The largest absolute Gasteiger partial charge is 0.459 e. The van der Waals surface area contributed by atoms with Gasteiger partial charge in [0.2, 0.25) is 0 Å². The fourth-order valence-corrected chi connectivity index (χ4v) is 1.37. The number of hydrogen-bond donors (Lipinski definition) is 0. The highest BCUT2D eigenvalue weighted by Crippen LogP contribution is 2.10. The van der Waals surface area contributed by atoms with Gasteiger partial charge in [0.05, 0.1) is 17.2 Å². The summed E-state index contributed by atoms with van der Waals surface area (Å²) in [6, 6.07) is 8.08. The van der Waals surface area contributed by atoms with Crippen LogP contribution < -0.4 is 0 Å². The van der Waals surface area contributed by atoms with Crippen LogP contribution in [0, 0.1) is 11.3 Å². The molecule has 0 saturated carbocycles. The summed E-state index contributed by atoms with van der Waals surface area (Å²) in [7, 11) is 0. The van der Waals surface area contributed by atoms with Gasteiger partial charge in [0.1, 0.15) is 12.2 Å². The van der Waals surface area contributed by atoms with Crippen LogP contribution in [-0.4, -0.2) is 24.1 Å². The zero-order valence-corrected chi connectivity index (χ0v) is 11.0. The van der Waals surface area contributed by atoms with E-state index in [0.29, 0.717) is 11.1 Å². The van der Waals surface area contributed by atoms with Crippen LogP contribution in [0.5, 0.6) is 0 Å². The first-order chi connectivity index (χ1) is 8.93. The molecule has 1 aromatic rings. The molecule has 100 valence electrons. The average Bonchev–Trinajstić information content (AvgIpc) is 2.37. The Morgan fingerprint density at radius 1 is 1.11 bits per heavy atom. The molecule has 0 aliphatic carbocycles. The summed E-state index contributed by atoms with van der Waals surface area (Å²) >= 11 is 0. The fraction of sp³-hybridized carbons (Fsp3) is 0.357. The Labute approximate surface area is 111 Å². The maximum absolute atomic E-state index is 11.8. The second-order valence-electron chi connectivity index (χ2n) is 4.11. The molecule has 0 aliphatic heterocycles. The van der Waals surface area contributed by atoms with E-state index in [1.54, 1.807) is 13.8 Å². The molecular weight excluding hydrogens is 246 g/mol. The summed E-state index contributed by atoms with van der Waals surface area (Å²) in [6.45, 7) is 4.60. The van der Waals surface area contributed by atoms with Crippen LogP contribution in [0.1, 0.15) is 36.7 Å². The zero-order chi connectivity index (χ0) is 14.4. The zero-order valence-electron chi connectivity index (χ0n) is 11.0. The molecule has 5 heteroatoms. The summed E-state index contributed by atoms with van der Waals surface area (Å²) in [5.41, 5.74) is 0.818. The Hall–Kier alpha value is -2.35. The van der Waals surface area contributed by atoms with Crippen molar-refractivity contribution < 1.29 is 19.1 Å². The maximum atomic E-state index is 11.8. The molecule has 2 atom stereocenters. The third kappa shape index (κ3) is 4.43. The van der Waals surface area contributed by atoms with Crippen molar-refractivity contribution in [3.8, 4) is 6.07 Å². The number of rotatable bonds is 4. The van der Waals surface area contributed by atoms with Crippen molar-refractivity contribution in [3.05, 3.63) is 35.4 Å². The number of nitriles is 1. The van der Waals surface area contributed by atoms with Crippen LogP contribution in [0.15, 0.2) is 24.3 Å². The number of carbonyl (C=O) groups excluding carboxylic acids is 2. The van der Waals surface area contributed by atoms with Crippen LogP contribution in [0.4, 0.5) is 0 Å². The van der Waals surface area contributed by atoms with Gasteiger partial charge in [-0.3, -0.25) is 4.79 Å². The minimum absolute atomic E-state index is 0.348. The Kier molecular flexibility index (Phi) is 5.07. The molecule has 1 aromatic carbocycles. The minimum atomic E-state index is -0.549. The van der Waals surface area contributed by atoms with Gasteiger partial charge in [-0.05, 0) is 38.1 Å². The molecule has 0 amide bonds. The smallest absolute Gasteiger partial charge is 0.338 e. The Morgan fingerprint density at radius 3 is 2.11 bits per heavy atom. The molecule has 0 saturated heterocycles. The number of hydrogen-bond acceptors (Lipinski definition) is 5. The van der Waals surface area contributed by atoms with Crippen molar-refractivity contribution in [2.45, 2.75) is 33.0 Å². The minimum Gasteiger partial charge on any atom is -0.459 e. The topological polar surface area (TPSA) is 76.4 Å². The van der Waals surface area contributed by atoms with E-state index in [1.807, 2.05) is 6.07 Å². The van der Waals surface area contributed by atoms with Crippen molar-refractivity contribution in [1.82, 2.24) is 0 Å². The number of benzene rings is 1. The first kappa shape index (κ1) is 14.7. The fourth-order valence-electron chi connectivity index (χ4n) is 1.37. The third-order valence-electron chi connectivity index (χ3n) is 2.56. The third-order valence-corrected chi connectivity index (χ3v) is 2.56. The summed E-state index contributed by atoms with van der Waals surface area (Å²) in [5.74, 6) is -0.940. The molecule has 2 unspecified atom stereocenters. The first-order valence-electron chi connectivity index (χ1n) is 5.82. The van der Waals surface area contributed by atoms with E-state index in [-0.39, 0.29) is 0 Å².